The quantitative estimate of drug-likeness (QED) is 0.936. The molecule has 0 saturated heterocycles. The van der Waals surface area contributed by atoms with E-state index in [1.807, 2.05) is 6.07 Å². The van der Waals surface area contributed by atoms with Crippen molar-refractivity contribution >= 4 is 26.2 Å². The Morgan fingerprint density at radius 2 is 1.91 bits per heavy atom. The first-order valence-electron chi connectivity index (χ1n) is 7.35. The highest BCUT2D eigenvalue weighted by molar-refractivity contribution is 7.92. The van der Waals surface area contributed by atoms with E-state index in [1.54, 1.807) is 24.3 Å². The molecule has 2 heterocycles. The molecule has 0 spiro atoms. The Kier molecular flexibility index (Phi) is 4.01. The minimum absolute atomic E-state index is 0.314. The van der Waals surface area contributed by atoms with E-state index >= 15 is 0 Å². The lowest BCUT2D eigenvalue weighted by atomic mass is 10.1. The molecule has 0 bridgehead atoms. The molecule has 22 heavy (non-hydrogen) atoms. The molecular formula is C16H20N2O2S2. The summed E-state index contributed by atoms with van der Waals surface area (Å²) in [5.41, 5.74) is 7.01. The van der Waals surface area contributed by atoms with Crippen molar-refractivity contribution in [3.05, 3.63) is 40.8 Å². The van der Waals surface area contributed by atoms with Gasteiger partial charge in [0.15, 0.2) is 0 Å². The summed E-state index contributed by atoms with van der Waals surface area (Å²) in [6.07, 6.45) is 0.739. The smallest absolute Gasteiger partial charge is 0.209 e. The summed E-state index contributed by atoms with van der Waals surface area (Å²) in [5, 5.41) is 0.416. The van der Waals surface area contributed by atoms with E-state index in [-0.39, 0.29) is 0 Å². The lowest BCUT2D eigenvalue weighted by molar-refractivity contribution is 0.205. The van der Waals surface area contributed by atoms with Gasteiger partial charge in [0.25, 0.3) is 0 Å². The predicted octanol–water partition coefficient (Wildman–Crippen LogP) is 2.93. The van der Waals surface area contributed by atoms with Crippen molar-refractivity contribution < 1.29 is 8.42 Å². The van der Waals surface area contributed by atoms with E-state index in [2.05, 4.69) is 18.7 Å². The second kappa shape index (κ2) is 5.68. The number of sulfone groups is 1. The zero-order valence-electron chi connectivity index (χ0n) is 12.7. The molecule has 1 aromatic heterocycles. The van der Waals surface area contributed by atoms with Crippen molar-refractivity contribution in [1.82, 2.24) is 4.90 Å². The van der Waals surface area contributed by atoms with Gasteiger partial charge < -0.3 is 5.73 Å². The third-order valence-corrected chi connectivity index (χ3v) is 7.19. The van der Waals surface area contributed by atoms with Gasteiger partial charge >= 0.3 is 0 Å². The SMILES string of the molecule is CC(C)N1CCc2c(sc(N)c2S(=O)(=O)c2ccccc2)C1. The number of thiophene rings is 1. The van der Waals surface area contributed by atoms with Gasteiger partial charge in [0.1, 0.15) is 9.90 Å². The molecule has 3 rings (SSSR count). The van der Waals surface area contributed by atoms with Crippen LogP contribution in [0.5, 0.6) is 0 Å². The van der Waals surface area contributed by atoms with E-state index < -0.39 is 9.84 Å². The zero-order valence-corrected chi connectivity index (χ0v) is 14.4. The number of nitrogens with two attached hydrogens (primary N) is 1. The fourth-order valence-electron chi connectivity index (χ4n) is 2.87. The molecule has 0 atom stereocenters. The first-order chi connectivity index (χ1) is 10.4. The highest BCUT2D eigenvalue weighted by atomic mass is 32.2. The van der Waals surface area contributed by atoms with Crippen molar-refractivity contribution in [2.24, 2.45) is 0 Å². The van der Waals surface area contributed by atoms with Crippen LogP contribution in [0.2, 0.25) is 0 Å². The maximum Gasteiger partial charge on any atom is 0.209 e. The first-order valence-corrected chi connectivity index (χ1v) is 9.65. The largest absolute Gasteiger partial charge is 0.389 e. The number of benzene rings is 1. The number of anilines is 1. The Morgan fingerprint density at radius 3 is 2.55 bits per heavy atom. The lowest BCUT2D eigenvalue weighted by Gasteiger charge is -2.30. The molecule has 0 radical (unpaired) electrons. The number of nitrogen functional groups attached to an aromatic ring is 1. The molecule has 4 nitrogen and oxygen atoms in total. The Morgan fingerprint density at radius 1 is 1.23 bits per heavy atom. The predicted molar refractivity (Wildman–Crippen MR) is 89.9 cm³/mol. The maximum atomic E-state index is 12.9. The van der Waals surface area contributed by atoms with Crippen molar-refractivity contribution in [3.8, 4) is 0 Å². The van der Waals surface area contributed by atoms with Gasteiger partial charge in [0.2, 0.25) is 9.84 Å². The fraction of sp³-hybridized carbons (Fsp3) is 0.375. The van der Waals surface area contributed by atoms with Gasteiger partial charge in [-0.15, -0.1) is 11.3 Å². The highest BCUT2D eigenvalue weighted by Crippen LogP contribution is 2.40. The van der Waals surface area contributed by atoms with Crippen LogP contribution in [-0.2, 0) is 22.8 Å². The van der Waals surface area contributed by atoms with E-state index in [4.69, 9.17) is 5.73 Å². The Balaban J connectivity index is 2.07. The second-order valence-corrected chi connectivity index (χ2v) is 8.85. The third-order valence-electron chi connectivity index (χ3n) is 4.12. The molecule has 1 aliphatic heterocycles. The van der Waals surface area contributed by atoms with Gasteiger partial charge in [-0.1, -0.05) is 18.2 Å². The summed E-state index contributed by atoms with van der Waals surface area (Å²) in [6, 6.07) is 8.99. The lowest BCUT2D eigenvalue weighted by Crippen LogP contribution is -2.35. The van der Waals surface area contributed by atoms with Crippen LogP contribution in [0.3, 0.4) is 0 Å². The average molecular weight is 336 g/mol. The van der Waals surface area contributed by atoms with Crippen molar-refractivity contribution in [1.29, 1.82) is 0 Å². The van der Waals surface area contributed by atoms with Gasteiger partial charge in [-0.25, -0.2) is 8.42 Å². The molecule has 0 unspecified atom stereocenters. The molecule has 2 aromatic rings. The Labute approximate surface area is 135 Å². The summed E-state index contributed by atoms with van der Waals surface area (Å²) in [5.74, 6) is 0. The normalized spacial score (nSPS) is 16.0. The molecule has 1 aromatic carbocycles. The zero-order chi connectivity index (χ0) is 15.9. The van der Waals surface area contributed by atoms with Gasteiger partial charge in [0, 0.05) is 24.0 Å². The average Bonchev–Trinajstić information content (AvgIpc) is 2.83. The van der Waals surface area contributed by atoms with Crippen LogP contribution in [0, 0.1) is 0 Å². The summed E-state index contributed by atoms with van der Waals surface area (Å²) in [4.78, 5) is 4.08. The number of rotatable bonds is 3. The first kappa shape index (κ1) is 15.5. The molecule has 2 N–H and O–H groups in total. The molecule has 6 heteroatoms. The van der Waals surface area contributed by atoms with Crippen LogP contribution in [0.1, 0.15) is 24.3 Å². The molecule has 0 saturated carbocycles. The number of fused-ring (bicyclic) bond motifs is 1. The van der Waals surface area contributed by atoms with E-state index in [9.17, 15) is 8.42 Å². The van der Waals surface area contributed by atoms with Gasteiger partial charge in [0.05, 0.1) is 4.90 Å². The molecule has 0 aliphatic carbocycles. The summed E-state index contributed by atoms with van der Waals surface area (Å²) in [7, 11) is -3.54. The molecule has 0 amide bonds. The molecular weight excluding hydrogens is 316 g/mol. The minimum atomic E-state index is -3.54. The Bertz CT molecular complexity index is 780. The third kappa shape index (κ3) is 2.55. The van der Waals surface area contributed by atoms with Crippen LogP contribution >= 0.6 is 11.3 Å². The van der Waals surface area contributed by atoms with E-state index in [0.29, 0.717) is 20.8 Å². The summed E-state index contributed by atoms with van der Waals surface area (Å²) in [6.45, 7) is 5.97. The van der Waals surface area contributed by atoms with Crippen LogP contribution in [0.15, 0.2) is 40.1 Å². The van der Waals surface area contributed by atoms with E-state index in [0.717, 1.165) is 30.0 Å². The molecule has 0 fully saturated rings. The van der Waals surface area contributed by atoms with Gasteiger partial charge in [-0.05, 0) is 38.0 Å². The van der Waals surface area contributed by atoms with Crippen LogP contribution in [-0.4, -0.2) is 25.9 Å². The highest BCUT2D eigenvalue weighted by Gasteiger charge is 2.31. The second-order valence-electron chi connectivity index (χ2n) is 5.83. The standard InChI is InChI=1S/C16H20N2O2S2/c1-11(2)18-9-8-13-14(10-18)21-16(17)15(13)22(19,20)12-6-4-3-5-7-12/h3-7,11H,8-10,17H2,1-2H3. The fourth-order valence-corrected chi connectivity index (χ4v) is 5.99. The topological polar surface area (TPSA) is 63.4 Å². The molecule has 118 valence electrons. The molecule has 1 aliphatic rings. The minimum Gasteiger partial charge on any atom is -0.389 e. The summed E-state index contributed by atoms with van der Waals surface area (Å²) >= 11 is 1.42. The maximum absolute atomic E-state index is 12.9. The van der Waals surface area contributed by atoms with Crippen LogP contribution in [0.4, 0.5) is 5.00 Å². The van der Waals surface area contributed by atoms with E-state index in [1.165, 1.54) is 11.3 Å². The van der Waals surface area contributed by atoms with Crippen LogP contribution in [0.25, 0.3) is 0 Å². The van der Waals surface area contributed by atoms with Gasteiger partial charge in [-0.3, -0.25) is 4.90 Å². The summed E-state index contributed by atoms with van der Waals surface area (Å²) < 4.78 is 25.8. The van der Waals surface area contributed by atoms with Crippen molar-refractivity contribution in [3.63, 3.8) is 0 Å². The monoisotopic (exact) mass is 336 g/mol. The number of hydrogen-bond acceptors (Lipinski definition) is 5. The van der Waals surface area contributed by atoms with Crippen molar-refractivity contribution in [2.45, 2.75) is 42.6 Å². The number of hydrogen-bond donors (Lipinski definition) is 1. The van der Waals surface area contributed by atoms with Crippen LogP contribution < -0.4 is 5.73 Å². The number of nitrogens with zero attached hydrogens (tertiary/aromatic N) is 1. The van der Waals surface area contributed by atoms with Crippen molar-refractivity contribution in [2.75, 3.05) is 12.3 Å². The Hall–Kier alpha value is -1.37. The van der Waals surface area contributed by atoms with Gasteiger partial charge in [-0.2, -0.15) is 0 Å².